The van der Waals surface area contributed by atoms with Crippen molar-refractivity contribution < 1.29 is 8.42 Å². The highest BCUT2D eigenvalue weighted by molar-refractivity contribution is 7.89. The van der Waals surface area contributed by atoms with Crippen molar-refractivity contribution in [2.24, 2.45) is 0 Å². The maximum atomic E-state index is 12.9. The number of rotatable bonds is 5. The molecule has 2 aromatic carbocycles. The second kappa shape index (κ2) is 8.62. The molecule has 0 aliphatic carbocycles. The minimum atomic E-state index is -3.63. The number of piperazine rings is 1. The van der Waals surface area contributed by atoms with Gasteiger partial charge in [0.1, 0.15) is 0 Å². The van der Waals surface area contributed by atoms with Gasteiger partial charge in [-0.2, -0.15) is 4.31 Å². The smallest absolute Gasteiger partial charge is 0.243 e. The van der Waals surface area contributed by atoms with Crippen molar-refractivity contribution >= 4 is 49.7 Å². The van der Waals surface area contributed by atoms with Crippen molar-refractivity contribution in [2.45, 2.75) is 11.3 Å². The molecule has 9 heteroatoms. The van der Waals surface area contributed by atoms with Gasteiger partial charge in [-0.05, 0) is 23.8 Å². The first kappa shape index (κ1) is 20.6. The molecule has 2 heterocycles. The molecule has 5 nitrogen and oxygen atoms in total. The van der Waals surface area contributed by atoms with E-state index >= 15 is 0 Å². The first-order chi connectivity index (χ1) is 13.9. The second-order valence-electron chi connectivity index (χ2n) is 6.78. The number of anilines is 1. The van der Waals surface area contributed by atoms with Crippen LogP contribution in [0.1, 0.15) is 11.3 Å². The predicted octanol–water partition coefficient (Wildman–Crippen LogP) is 4.55. The lowest BCUT2D eigenvalue weighted by Gasteiger charge is -2.33. The lowest BCUT2D eigenvalue weighted by Crippen LogP contribution is -2.48. The van der Waals surface area contributed by atoms with Gasteiger partial charge in [-0.1, -0.05) is 53.5 Å². The van der Waals surface area contributed by atoms with E-state index in [1.807, 2.05) is 18.2 Å². The molecule has 4 rings (SSSR count). The van der Waals surface area contributed by atoms with Gasteiger partial charge in [-0.3, -0.25) is 0 Å². The highest BCUT2D eigenvalue weighted by Crippen LogP contribution is 2.27. The summed E-state index contributed by atoms with van der Waals surface area (Å²) in [5, 5.41) is 3.62. The summed E-state index contributed by atoms with van der Waals surface area (Å²) in [5.74, 6) is 0. The topological polar surface area (TPSA) is 53.5 Å². The van der Waals surface area contributed by atoms with Crippen molar-refractivity contribution in [3.8, 4) is 0 Å². The van der Waals surface area contributed by atoms with Crippen LogP contribution in [-0.2, 0) is 16.4 Å². The summed E-state index contributed by atoms with van der Waals surface area (Å²) < 4.78 is 27.3. The third-order valence-corrected chi connectivity index (χ3v) is 8.01. The predicted molar refractivity (Wildman–Crippen MR) is 119 cm³/mol. The van der Waals surface area contributed by atoms with Gasteiger partial charge in [-0.15, -0.1) is 11.3 Å². The molecule has 1 aliphatic rings. The standard InChI is InChI=1S/C20H19Cl2N3O2S2/c21-16-11-17(22)13-19(12-16)29(26,27)25-8-6-24(7-9-25)20-23-18(14-28-20)10-15-4-2-1-3-5-15/h1-5,11-14H,6-10H2. The third kappa shape index (κ3) is 4.75. The number of benzene rings is 2. The van der Waals surface area contributed by atoms with E-state index in [0.717, 1.165) is 17.2 Å². The van der Waals surface area contributed by atoms with E-state index in [0.29, 0.717) is 36.2 Å². The van der Waals surface area contributed by atoms with E-state index in [9.17, 15) is 8.42 Å². The van der Waals surface area contributed by atoms with Gasteiger partial charge in [0.25, 0.3) is 0 Å². The molecule has 0 amide bonds. The Kier molecular flexibility index (Phi) is 6.13. The molecule has 0 N–H and O–H groups in total. The van der Waals surface area contributed by atoms with Gasteiger partial charge < -0.3 is 4.90 Å². The molecule has 1 fully saturated rings. The number of hydrogen-bond acceptors (Lipinski definition) is 5. The number of sulfonamides is 1. The summed E-state index contributed by atoms with van der Waals surface area (Å²) >= 11 is 13.5. The Morgan fingerprint density at radius 2 is 1.62 bits per heavy atom. The van der Waals surface area contributed by atoms with Crippen molar-refractivity contribution in [2.75, 3.05) is 31.1 Å². The largest absolute Gasteiger partial charge is 0.345 e. The van der Waals surface area contributed by atoms with E-state index in [1.54, 1.807) is 11.3 Å². The zero-order valence-electron chi connectivity index (χ0n) is 15.5. The molecule has 0 spiro atoms. The quantitative estimate of drug-likeness (QED) is 0.551. The first-order valence-electron chi connectivity index (χ1n) is 9.11. The average Bonchev–Trinajstić information content (AvgIpc) is 3.16. The van der Waals surface area contributed by atoms with E-state index in [-0.39, 0.29) is 4.90 Å². The minimum absolute atomic E-state index is 0.128. The summed E-state index contributed by atoms with van der Waals surface area (Å²) in [4.78, 5) is 7.00. The Morgan fingerprint density at radius 3 is 2.28 bits per heavy atom. The van der Waals surface area contributed by atoms with Crippen LogP contribution >= 0.6 is 34.5 Å². The van der Waals surface area contributed by atoms with Gasteiger partial charge in [0.15, 0.2) is 5.13 Å². The second-order valence-corrected chi connectivity index (χ2v) is 10.4. The molecule has 0 atom stereocenters. The fraction of sp³-hybridized carbons (Fsp3) is 0.250. The van der Waals surface area contributed by atoms with Crippen LogP contribution in [0.15, 0.2) is 58.8 Å². The fourth-order valence-electron chi connectivity index (χ4n) is 3.27. The number of hydrogen-bond donors (Lipinski definition) is 0. The average molecular weight is 468 g/mol. The number of thiazole rings is 1. The summed E-state index contributed by atoms with van der Waals surface area (Å²) in [6.45, 7) is 1.96. The molecule has 3 aromatic rings. The zero-order chi connectivity index (χ0) is 20.4. The molecule has 0 bridgehead atoms. The summed E-state index contributed by atoms with van der Waals surface area (Å²) in [6, 6.07) is 14.6. The normalized spacial score (nSPS) is 15.6. The number of nitrogens with zero attached hydrogens (tertiary/aromatic N) is 3. The van der Waals surface area contributed by atoms with Crippen LogP contribution in [0.5, 0.6) is 0 Å². The Bertz CT molecular complexity index is 1080. The molecule has 1 aliphatic heterocycles. The van der Waals surface area contributed by atoms with Crippen molar-refractivity contribution in [3.05, 3.63) is 75.2 Å². The molecule has 0 saturated carbocycles. The lowest BCUT2D eigenvalue weighted by atomic mass is 10.1. The van der Waals surface area contributed by atoms with Gasteiger partial charge >= 0.3 is 0 Å². The van der Waals surface area contributed by atoms with Crippen LogP contribution in [0.2, 0.25) is 10.0 Å². The Hall–Kier alpha value is -1.64. The van der Waals surface area contributed by atoms with E-state index in [4.69, 9.17) is 28.2 Å². The van der Waals surface area contributed by atoms with E-state index in [2.05, 4.69) is 22.4 Å². The first-order valence-corrected chi connectivity index (χ1v) is 12.2. The molecule has 0 radical (unpaired) electrons. The highest BCUT2D eigenvalue weighted by Gasteiger charge is 2.29. The minimum Gasteiger partial charge on any atom is -0.345 e. The molecular weight excluding hydrogens is 449 g/mol. The molecule has 1 saturated heterocycles. The monoisotopic (exact) mass is 467 g/mol. The molecule has 1 aromatic heterocycles. The van der Waals surface area contributed by atoms with E-state index < -0.39 is 10.0 Å². The zero-order valence-corrected chi connectivity index (χ0v) is 18.6. The summed E-state index contributed by atoms with van der Waals surface area (Å²) in [5.41, 5.74) is 2.25. The Labute approximate surface area is 184 Å². The van der Waals surface area contributed by atoms with Crippen molar-refractivity contribution in [1.29, 1.82) is 0 Å². The van der Waals surface area contributed by atoms with Crippen LogP contribution in [0, 0.1) is 0 Å². The molecular formula is C20H19Cl2N3O2S2. The molecule has 152 valence electrons. The Morgan fingerprint density at radius 1 is 0.966 bits per heavy atom. The molecule has 29 heavy (non-hydrogen) atoms. The van der Waals surface area contributed by atoms with Crippen LogP contribution in [0.3, 0.4) is 0 Å². The Balaban J connectivity index is 1.42. The maximum absolute atomic E-state index is 12.9. The summed E-state index contributed by atoms with van der Waals surface area (Å²) in [6.07, 6.45) is 0.793. The lowest BCUT2D eigenvalue weighted by molar-refractivity contribution is 0.384. The maximum Gasteiger partial charge on any atom is 0.243 e. The van der Waals surface area contributed by atoms with Crippen LogP contribution in [0.25, 0.3) is 0 Å². The van der Waals surface area contributed by atoms with Crippen molar-refractivity contribution in [3.63, 3.8) is 0 Å². The highest BCUT2D eigenvalue weighted by atomic mass is 35.5. The summed E-state index contributed by atoms with van der Waals surface area (Å²) in [7, 11) is -3.63. The van der Waals surface area contributed by atoms with Gasteiger partial charge in [-0.25, -0.2) is 13.4 Å². The van der Waals surface area contributed by atoms with Crippen LogP contribution in [-0.4, -0.2) is 43.9 Å². The van der Waals surface area contributed by atoms with Crippen molar-refractivity contribution in [1.82, 2.24) is 9.29 Å². The third-order valence-electron chi connectivity index (χ3n) is 4.75. The van der Waals surface area contributed by atoms with E-state index in [1.165, 1.54) is 28.1 Å². The van der Waals surface area contributed by atoms with Gasteiger partial charge in [0.05, 0.1) is 10.6 Å². The van der Waals surface area contributed by atoms with Crippen LogP contribution < -0.4 is 4.90 Å². The SMILES string of the molecule is O=S(=O)(c1cc(Cl)cc(Cl)c1)N1CCN(c2nc(Cc3ccccc3)cs2)CC1. The van der Waals surface area contributed by atoms with Crippen LogP contribution in [0.4, 0.5) is 5.13 Å². The fourth-order valence-corrected chi connectivity index (χ4v) is 6.30. The van der Waals surface area contributed by atoms with Gasteiger partial charge in [0, 0.05) is 48.0 Å². The van der Waals surface area contributed by atoms with Gasteiger partial charge in [0.2, 0.25) is 10.0 Å². The number of aromatic nitrogens is 1. The molecule has 0 unspecified atom stereocenters. The number of halogens is 2.